The van der Waals surface area contributed by atoms with Crippen LogP contribution in [0.2, 0.25) is 0 Å². The summed E-state index contributed by atoms with van der Waals surface area (Å²) in [6.07, 6.45) is 1.41. The van der Waals surface area contributed by atoms with Crippen LogP contribution in [0.15, 0.2) is 69.5 Å². The molecule has 0 aliphatic heterocycles. The Kier molecular flexibility index (Phi) is 5.21. The van der Waals surface area contributed by atoms with Crippen molar-refractivity contribution in [1.82, 2.24) is 9.55 Å². The molecule has 1 unspecified atom stereocenters. The van der Waals surface area contributed by atoms with Crippen LogP contribution >= 0.6 is 27.3 Å². The number of anilines is 1. The van der Waals surface area contributed by atoms with E-state index in [1.54, 1.807) is 19.1 Å². The lowest BCUT2D eigenvalue weighted by atomic mass is 10.1. The Bertz CT molecular complexity index is 1250. The average molecular weight is 470 g/mol. The van der Waals surface area contributed by atoms with Gasteiger partial charge in [-0.25, -0.2) is 4.98 Å². The highest BCUT2D eigenvalue weighted by Gasteiger charge is 2.20. The van der Waals surface area contributed by atoms with E-state index in [1.165, 1.54) is 34.4 Å². The SMILES string of the molecule is CC(C(=O)Nc1ccc(O)cc1)n1cnc2scc(-c3ccc(Br)cc3)c2c1=O. The lowest BCUT2D eigenvalue weighted by molar-refractivity contribution is -0.118. The number of nitrogens with one attached hydrogen (secondary N) is 1. The molecule has 0 spiro atoms. The number of benzene rings is 2. The molecule has 0 radical (unpaired) electrons. The molecule has 8 heteroatoms. The molecule has 0 saturated carbocycles. The number of rotatable bonds is 4. The molecular formula is C21H16BrN3O3S. The number of thiophene rings is 1. The molecule has 0 fully saturated rings. The van der Waals surface area contributed by atoms with Gasteiger partial charge >= 0.3 is 0 Å². The molecule has 0 aliphatic rings. The lowest BCUT2D eigenvalue weighted by Crippen LogP contribution is -2.31. The summed E-state index contributed by atoms with van der Waals surface area (Å²) in [5.41, 5.74) is 1.99. The van der Waals surface area contributed by atoms with Crippen LogP contribution in [-0.4, -0.2) is 20.6 Å². The van der Waals surface area contributed by atoms with Crippen molar-refractivity contribution in [3.8, 4) is 16.9 Å². The smallest absolute Gasteiger partial charge is 0.263 e. The van der Waals surface area contributed by atoms with Crippen LogP contribution in [-0.2, 0) is 4.79 Å². The van der Waals surface area contributed by atoms with Crippen molar-refractivity contribution in [2.45, 2.75) is 13.0 Å². The third-order valence-corrected chi connectivity index (χ3v) is 6.02. The molecule has 0 saturated heterocycles. The highest BCUT2D eigenvalue weighted by molar-refractivity contribution is 9.10. The number of carbonyl (C=O) groups excluding carboxylic acids is 1. The van der Waals surface area contributed by atoms with E-state index in [0.717, 1.165) is 15.6 Å². The van der Waals surface area contributed by atoms with Crippen molar-refractivity contribution in [2.24, 2.45) is 0 Å². The van der Waals surface area contributed by atoms with Crippen molar-refractivity contribution in [2.75, 3.05) is 5.32 Å². The second-order valence-electron chi connectivity index (χ2n) is 6.51. The van der Waals surface area contributed by atoms with E-state index in [4.69, 9.17) is 0 Å². The van der Waals surface area contributed by atoms with Crippen LogP contribution in [0.25, 0.3) is 21.3 Å². The Hall–Kier alpha value is -2.97. The average Bonchev–Trinajstić information content (AvgIpc) is 3.15. The number of amides is 1. The zero-order valence-electron chi connectivity index (χ0n) is 15.3. The Labute approximate surface area is 178 Å². The number of hydrogen-bond donors (Lipinski definition) is 2. The first-order valence-electron chi connectivity index (χ1n) is 8.78. The Balaban J connectivity index is 1.70. The van der Waals surface area contributed by atoms with E-state index in [9.17, 15) is 14.7 Å². The number of aromatic nitrogens is 2. The summed E-state index contributed by atoms with van der Waals surface area (Å²) in [6.45, 7) is 1.65. The lowest BCUT2D eigenvalue weighted by Gasteiger charge is -2.15. The minimum atomic E-state index is -0.758. The molecule has 0 bridgehead atoms. The van der Waals surface area contributed by atoms with Crippen LogP contribution < -0.4 is 10.9 Å². The summed E-state index contributed by atoms with van der Waals surface area (Å²) in [5.74, 6) is -0.237. The van der Waals surface area contributed by atoms with E-state index in [2.05, 4.69) is 26.2 Å². The van der Waals surface area contributed by atoms with Gasteiger partial charge in [0.1, 0.15) is 16.6 Å². The zero-order valence-corrected chi connectivity index (χ0v) is 17.7. The maximum Gasteiger partial charge on any atom is 0.263 e. The number of phenols is 1. The van der Waals surface area contributed by atoms with Crippen LogP contribution in [0.5, 0.6) is 5.75 Å². The summed E-state index contributed by atoms with van der Waals surface area (Å²) in [4.78, 5) is 30.9. The third-order valence-electron chi connectivity index (χ3n) is 4.61. The van der Waals surface area contributed by atoms with Crippen molar-refractivity contribution in [3.05, 3.63) is 75.1 Å². The summed E-state index contributed by atoms with van der Waals surface area (Å²) in [5, 5.41) is 14.5. The maximum atomic E-state index is 13.2. The highest BCUT2D eigenvalue weighted by Crippen LogP contribution is 2.31. The molecule has 146 valence electrons. The molecule has 2 aromatic carbocycles. The van der Waals surface area contributed by atoms with Crippen molar-refractivity contribution < 1.29 is 9.90 Å². The summed E-state index contributed by atoms with van der Waals surface area (Å²) in [6, 6.07) is 13.1. The zero-order chi connectivity index (χ0) is 20.5. The van der Waals surface area contributed by atoms with Gasteiger partial charge in [-0.05, 0) is 48.9 Å². The topological polar surface area (TPSA) is 84.2 Å². The fraction of sp³-hybridized carbons (Fsp3) is 0.0952. The molecule has 4 rings (SSSR count). The molecule has 1 amide bonds. The van der Waals surface area contributed by atoms with Crippen LogP contribution in [0.4, 0.5) is 5.69 Å². The van der Waals surface area contributed by atoms with Gasteiger partial charge in [0.2, 0.25) is 5.91 Å². The molecule has 0 aliphatic carbocycles. The van der Waals surface area contributed by atoms with Crippen molar-refractivity contribution in [1.29, 1.82) is 0 Å². The summed E-state index contributed by atoms with van der Waals surface area (Å²) < 4.78 is 2.29. The van der Waals surface area contributed by atoms with E-state index in [-0.39, 0.29) is 17.2 Å². The van der Waals surface area contributed by atoms with Crippen LogP contribution in [0.3, 0.4) is 0 Å². The molecule has 1 atom stereocenters. The number of fused-ring (bicyclic) bond motifs is 1. The number of nitrogens with zero attached hydrogens (tertiary/aromatic N) is 2. The van der Waals surface area contributed by atoms with Gasteiger partial charge in [0.25, 0.3) is 5.56 Å². The first-order chi connectivity index (χ1) is 13.9. The second-order valence-corrected chi connectivity index (χ2v) is 8.28. The number of hydrogen-bond acceptors (Lipinski definition) is 5. The Morgan fingerprint density at radius 1 is 1.17 bits per heavy atom. The number of halogens is 1. The van der Waals surface area contributed by atoms with Gasteiger partial charge in [0.15, 0.2) is 0 Å². The predicted octanol–water partition coefficient (Wildman–Crippen LogP) is 4.79. The van der Waals surface area contributed by atoms with Crippen LogP contribution in [0, 0.1) is 0 Å². The molecule has 4 aromatic rings. The van der Waals surface area contributed by atoms with Gasteiger partial charge < -0.3 is 10.4 Å². The molecular weight excluding hydrogens is 454 g/mol. The first kappa shape index (κ1) is 19.4. The highest BCUT2D eigenvalue weighted by atomic mass is 79.9. The fourth-order valence-electron chi connectivity index (χ4n) is 2.98. The Morgan fingerprint density at radius 2 is 1.86 bits per heavy atom. The maximum absolute atomic E-state index is 13.2. The Morgan fingerprint density at radius 3 is 2.55 bits per heavy atom. The van der Waals surface area contributed by atoms with Gasteiger partial charge in [-0.2, -0.15) is 0 Å². The monoisotopic (exact) mass is 469 g/mol. The quantitative estimate of drug-likeness (QED) is 0.420. The van der Waals surface area contributed by atoms with Gasteiger partial charge in [-0.1, -0.05) is 28.1 Å². The van der Waals surface area contributed by atoms with E-state index < -0.39 is 6.04 Å². The number of phenolic OH excluding ortho intramolecular Hbond substituents is 1. The van der Waals surface area contributed by atoms with E-state index in [0.29, 0.717) is 15.9 Å². The normalized spacial score (nSPS) is 12.1. The standard InChI is InChI=1S/C21H16BrN3O3S/c1-12(19(27)24-15-6-8-16(26)9-7-15)25-11-23-20-18(21(25)28)17(10-29-20)13-2-4-14(22)5-3-13/h2-12,26H,1H3,(H,24,27). The van der Waals surface area contributed by atoms with E-state index >= 15 is 0 Å². The molecule has 2 N–H and O–H groups in total. The van der Waals surface area contributed by atoms with Gasteiger partial charge in [-0.15, -0.1) is 11.3 Å². The predicted molar refractivity (Wildman–Crippen MR) is 118 cm³/mol. The summed E-state index contributed by atoms with van der Waals surface area (Å²) in [7, 11) is 0. The number of carbonyl (C=O) groups is 1. The molecule has 2 aromatic heterocycles. The first-order valence-corrected chi connectivity index (χ1v) is 10.5. The van der Waals surface area contributed by atoms with Gasteiger partial charge in [-0.3, -0.25) is 14.2 Å². The van der Waals surface area contributed by atoms with Crippen molar-refractivity contribution in [3.63, 3.8) is 0 Å². The summed E-state index contributed by atoms with van der Waals surface area (Å²) >= 11 is 4.82. The van der Waals surface area contributed by atoms with Gasteiger partial charge in [0, 0.05) is 21.1 Å². The van der Waals surface area contributed by atoms with Crippen molar-refractivity contribution >= 4 is 49.1 Å². The molecule has 6 nitrogen and oxygen atoms in total. The second kappa shape index (κ2) is 7.81. The molecule has 29 heavy (non-hydrogen) atoms. The minimum Gasteiger partial charge on any atom is -0.508 e. The fourth-order valence-corrected chi connectivity index (χ4v) is 4.15. The third kappa shape index (κ3) is 3.81. The van der Waals surface area contributed by atoms with Crippen LogP contribution in [0.1, 0.15) is 13.0 Å². The largest absolute Gasteiger partial charge is 0.508 e. The number of aromatic hydroxyl groups is 1. The van der Waals surface area contributed by atoms with E-state index in [1.807, 2.05) is 29.6 Å². The van der Waals surface area contributed by atoms with Gasteiger partial charge in [0.05, 0.1) is 11.7 Å². The molecule has 2 heterocycles. The minimum absolute atomic E-state index is 0.111.